The number of piperidine rings is 1. The maximum Gasteiger partial charge on any atom is 0.328 e. The van der Waals surface area contributed by atoms with Crippen LogP contribution in [-0.4, -0.2) is 44.0 Å². The summed E-state index contributed by atoms with van der Waals surface area (Å²) in [7, 11) is 1.19. The third-order valence-corrected chi connectivity index (χ3v) is 3.01. The Morgan fingerprint density at radius 2 is 2.22 bits per heavy atom. The van der Waals surface area contributed by atoms with Gasteiger partial charge in [0.25, 0.3) is 5.92 Å². The maximum absolute atomic E-state index is 13.5. The molecular formula is C11H18F2N2O3. The number of halogens is 2. The molecule has 1 saturated heterocycles. The molecule has 0 bridgehead atoms. The van der Waals surface area contributed by atoms with Gasteiger partial charge in [-0.2, -0.15) is 0 Å². The SMILES string of the molecule is CCC(NC(=O)C1CCNCC1(F)F)C(=O)OC. The fourth-order valence-electron chi connectivity index (χ4n) is 1.90. The summed E-state index contributed by atoms with van der Waals surface area (Å²) in [6.07, 6.45) is 0.353. The van der Waals surface area contributed by atoms with Crippen molar-refractivity contribution in [1.82, 2.24) is 10.6 Å². The first-order valence-electron chi connectivity index (χ1n) is 5.89. The highest BCUT2D eigenvalue weighted by atomic mass is 19.3. The predicted molar refractivity (Wildman–Crippen MR) is 60.2 cm³/mol. The first kappa shape index (κ1) is 14.8. The van der Waals surface area contributed by atoms with Crippen LogP contribution in [-0.2, 0) is 14.3 Å². The number of hydrogen-bond donors (Lipinski definition) is 2. The Bertz CT molecular complexity index is 323. The van der Waals surface area contributed by atoms with Gasteiger partial charge in [0, 0.05) is 0 Å². The lowest BCUT2D eigenvalue weighted by Gasteiger charge is -2.31. The molecule has 0 radical (unpaired) electrons. The fraction of sp³-hybridized carbons (Fsp3) is 0.818. The van der Waals surface area contributed by atoms with Crippen molar-refractivity contribution < 1.29 is 23.1 Å². The first-order chi connectivity index (χ1) is 8.42. The second-order valence-corrected chi connectivity index (χ2v) is 4.27. The Balaban J connectivity index is 2.66. The van der Waals surface area contributed by atoms with Crippen LogP contribution < -0.4 is 10.6 Å². The number of carbonyl (C=O) groups excluding carboxylic acids is 2. The number of alkyl halides is 2. The van der Waals surface area contributed by atoms with E-state index in [1.807, 2.05) is 0 Å². The smallest absolute Gasteiger partial charge is 0.328 e. The minimum absolute atomic E-state index is 0.0520. The number of ether oxygens (including phenoxy) is 1. The summed E-state index contributed by atoms with van der Waals surface area (Å²) in [5.41, 5.74) is 0. The summed E-state index contributed by atoms with van der Waals surface area (Å²) in [4.78, 5) is 23.1. The summed E-state index contributed by atoms with van der Waals surface area (Å²) in [6.45, 7) is 1.52. The van der Waals surface area contributed by atoms with Gasteiger partial charge in [-0.1, -0.05) is 6.92 Å². The molecule has 5 nitrogen and oxygen atoms in total. The lowest BCUT2D eigenvalue weighted by molar-refractivity contribution is -0.151. The maximum atomic E-state index is 13.5. The van der Waals surface area contributed by atoms with Crippen molar-refractivity contribution in [3.63, 3.8) is 0 Å². The fourth-order valence-corrected chi connectivity index (χ4v) is 1.90. The number of nitrogens with one attached hydrogen (secondary N) is 2. The average molecular weight is 264 g/mol. The van der Waals surface area contributed by atoms with E-state index in [-0.39, 0.29) is 6.42 Å². The number of rotatable bonds is 4. The molecule has 2 unspecified atom stereocenters. The third kappa shape index (κ3) is 3.38. The quantitative estimate of drug-likeness (QED) is 0.717. The van der Waals surface area contributed by atoms with Crippen LogP contribution in [0.1, 0.15) is 19.8 Å². The molecule has 18 heavy (non-hydrogen) atoms. The number of carbonyl (C=O) groups is 2. The Hall–Kier alpha value is -1.24. The van der Waals surface area contributed by atoms with Gasteiger partial charge in [-0.05, 0) is 19.4 Å². The molecule has 1 aliphatic rings. The summed E-state index contributed by atoms with van der Waals surface area (Å²) < 4.78 is 31.5. The third-order valence-electron chi connectivity index (χ3n) is 3.01. The minimum Gasteiger partial charge on any atom is -0.467 e. The lowest BCUT2D eigenvalue weighted by Crippen LogP contribution is -2.54. The van der Waals surface area contributed by atoms with E-state index in [9.17, 15) is 18.4 Å². The molecule has 2 atom stereocenters. The van der Waals surface area contributed by atoms with E-state index >= 15 is 0 Å². The van der Waals surface area contributed by atoms with Crippen molar-refractivity contribution in [3.05, 3.63) is 0 Å². The standard InChI is InChI=1S/C11H18F2N2O3/c1-3-8(10(17)18-2)15-9(16)7-4-5-14-6-11(7,12)13/h7-8,14H,3-6H2,1-2H3,(H,15,16). The molecule has 0 spiro atoms. The molecular weight excluding hydrogens is 246 g/mol. The van der Waals surface area contributed by atoms with Crippen molar-refractivity contribution in [1.29, 1.82) is 0 Å². The van der Waals surface area contributed by atoms with E-state index < -0.39 is 36.3 Å². The molecule has 0 aliphatic carbocycles. The first-order valence-corrected chi connectivity index (χ1v) is 5.89. The summed E-state index contributed by atoms with van der Waals surface area (Å²) >= 11 is 0. The molecule has 0 aromatic rings. The van der Waals surface area contributed by atoms with Gasteiger partial charge < -0.3 is 15.4 Å². The van der Waals surface area contributed by atoms with Crippen molar-refractivity contribution in [2.24, 2.45) is 5.92 Å². The Labute approximate surface area is 104 Å². The van der Waals surface area contributed by atoms with Gasteiger partial charge in [-0.15, -0.1) is 0 Å². The lowest BCUT2D eigenvalue weighted by atomic mass is 9.92. The van der Waals surface area contributed by atoms with Crippen LogP contribution in [0.2, 0.25) is 0 Å². The number of amides is 1. The van der Waals surface area contributed by atoms with E-state index in [1.165, 1.54) is 7.11 Å². The highest BCUT2D eigenvalue weighted by Gasteiger charge is 2.46. The molecule has 104 valence electrons. The van der Waals surface area contributed by atoms with Crippen molar-refractivity contribution in [2.75, 3.05) is 20.2 Å². The van der Waals surface area contributed by atoms with Crippen LogP contribution in [0.5, 0.6) is 0 Å². The minimum atomic E-state index is -3.09. The largest absolute Gasteiger partial charge is 0.467 e. The van der Waals surface area contributed by atoms with Gasteiger partial charge in [-0.25, -0.2) is 13.6 Å². The monoisotopic (exact) mass is 264 g/mol. The summed E-state index contributed by atoms with van der Waals surface area (Å²) in [6, 6.07) is -0.867. The topological polar surface area (TPSA) is 67.4 Å². The van der Waals surface area contributed by atoms with E-state index in [2.05, 4.69) is 15.4 Å². The Kier molecular flexibility index (Phi) is 5.01. The molecule has 0 saturated carbocycles. The van der Waals surface area contributed by atoms with Crippen LogP contribution in [0.25, 0.3) is 0 Å². The number of methoxy groups -OCH3 is 1. The van der Waals surface area contributed by atoms with Crippen molar-refractivity contribution in [3.8, 4) is 0 Å². The highest BCUT2D eigenvalue weighted by Crippen LogP contribution is 2.29. The van der Waals surface area contributed by atoms with Gasteiger partial charge >= 0.3 is 5.97 Å². The molecule has 1 heterocycles. The molecule has 1 aliphatic heterocycles. The van der Waals surface area contributed by atoms with Gasteiger partial charge in [0.05, 0.1) is 13.7 Å². The van der Waals surface area contributed by atoms with Gasteiger partial charge in [0.15, 0.2) is 0 Å². The van der Waals surface area contributed by atoms with Crippen LogP contribution in [0.3, 0.4) is 0 Å². The normalized spacial score (nSPS) is 24.1. The summed E-state index contributed by atoms with van der Waals surface area (Å²) in [5.74, 6) is -5.89. The van der Waals surface area contributed by atoms with E-state index in [1.54, 1.807) is 6.92 Å². The van der Waals surface area contributed by atoms with Gasteiger partial charge in [-0.3, -0.25) is 4.79 Å². The molecule has 1 rings (SSSR count). The molecule has 1 fully saturated rings. The van der Waals surface area contributed by atoms with E-state index in [0.29, 0.717) is 13.0 Å². The van der Waals surface area contributed by atoms with Crippen molar-refractivity contribution >= 4 is 11.9 Å². The zero-order chi connectivity index (χ0) is 13.8. The second kappa shape index (κ2) is 6.08. The number of hydrogen-bond acceptors (Lipinski definition) is 4. The average Bonchev–Trinajstić information content (AvgIpc) is 2.34. The molecule has 2 N–H and O–H groups in total. The number of esters is 1. The van der Waals surface area contributed by atoms with Crippen LogP contribution in [0.15, 0.2) is 0 Å². The molecule has 7 heteroatoms. The highest BCUT2D eigenvalue weighted by molar-refractivity contribution is 5.86. The van der Waals surface area contributed by atoms with E-state index in [0.717, 1.165) is 0 Å². The zero-order valence-electron chi connectivity index (χ0n) is 10.5. The van der Waals surface area contributed by atoms with Crippen LogP contribution in [0.4, 0.5) is 8.78 Å². The van der Waals surface area contributed by atoms with Crippen LogP contribution in [0, 0.1) is 5.92 Å². The van der Waals surface area contributed by atoms with Crippen molar-refractivity contribution in [2.45, 2.75) is 31.7 Å². The predicted octanol–water partition coefficient (Wildman–Crippen LogP) is 0.299. The molecule has 0 aromatic carbocycles. The molecule has 1 amide bonds. The van der Waals surface area contributed by atoms with Gasteiger partial charge in [0.2, 0.25) is 5.91 Å². The summed E-state index contributed by atoms with van der Waals surface area (Å²) in [5, 5.41) is 4.86. The Morgan fingerprint density at radius 1 is 1.56 bits per heavy atom. The molecule has 0 aromatic heterocycles. The zero-order valence-corrected chi connectivity index (χ0v) is 10.5. The Morgan fingerprint density at radius 3 is 2.72 bits per heavy atom. The van der Waals surface area contributed by atoms with E-state index in [4.69, 9.17) is 0 Å². The van der Waals surface area contributed by atoms with Gasteiger partial charge in [0.1, 0.15) is 12.0 Å². The van der Waals surface area contributed by atoms with Crippen LogP contribution >= 0.6 is 0 Å². The second-order valence-electron chi connectivity index (χ2n) is 4.27.